The van der Waals surface area contributed by atoms with E-state index in [-0.39, 0.29) is 36.0 Å². The maximum atomic E-state index is 11.7. The minimum atomic E-state index is -0.188. The molecule has 0 unspecified atom stereocenters. The van der Waals surface area contributed by atoms with Gasteiger partial charge in [0.25, 0.3) is 0 Å². The minimum absolute atomic E-state index is 0. The average Bonchev–Trinajstić information content (AvgIpc) is 2.60. The first-order valence-electron chi connectivity index (χ1n) is 9.73. The van der Waals surface area contributed by atoms with Crippen LogP contribution in [0.25, 0.3) is 0 Å². The summed E-state index contributed by atoms with van der Waals surface area (Å²) in [5, 5.41) is 12.3. The fourth-order valence-electron chi connectivity index (χ4n) is 2.39. The Labute approximate surface area is 181 Å². The number of hydrogen-bond donors (Lipinski definition) is 4. The second-order valence-corrected chi connectivity index (χ2v) is 6.63. The zero-order valence-corrected chi connectivity index (χ0v) is 19.4. The predicted octanol–water partition coefficient (Wildman–Crippen LogP) is 4.47. The topological polar surface area (TPSA) is 77.5 Å². The average molecular weight is 489 g/mol. The molecule has 0 saturated heterocycles. The van der Waals surface area contributed by atoms with Crippen LogP contribution in [-0.2, 0) is 6.54 Å². The van der Waals surface area contributed by atoms with E-state index >= 15 is 0 Å². The highest BCUT2D eigenvalue weighted by molar-refractivity contribution is 14.0. The fourth-order valence-corrected chi connectivity index (χ4v) is 2.39. The molecule has 1 aromatic rings. The van der Waals surface area contributed by atoms with E-state index < -0.39 is 0 Å². The van der Waals surface area contributed by atoms with Crippen molar-refractivity contribution < 1.29 is 4.79 Å². The first-order valence-corrected chi connectivity index (χ1v) is 9.73. The SMILES string of the molecule is CCCCCCNC(=NCc1ccc(NC(=O)NC(C)C)cc1)NCC.I. The van der Waals surface area contributed by atoms with E-state index in [0.717, 1.165) is 36.7 Å². The van der Waals surface area contributed by atoms with E-state index in [1.807, 2.05) is 38.1 Å². The van der Waals surface area contributed by atoms with E-state index in [1.165, 1.54) is 19.3 Å². The van der Waals surface area contributed by atoms with Gasteiger partial charge in [0.15, 0.2) is 5.96 Å². The number of urea groups is 1. The second-order valence-electron chi connectivity index (χ2n) is 6.63. The lowest BCUT2D eigenvalue weighted by atomic mass is 10.2. The lowest BCUT2D eigenvalue weighted by Gasteiger charge is -2.12. The van der Waals surface area contributed by atoms with E-state index in [1.54, 1.807) is 0 Å². The number of unbranched alkanes of at least 4 members (excludes halogenated alkanes) is 3. The number of hydrogen-bond acceptors (Lipinski definition) is 2. The molecule has 7 heteroatoms. The largest absolute Gasteiger partial charge is 0.357 e. The zero-order valence-electron chi connectivity index (χ0n) is 17.1. The van der Waals surface area contributed by atoms with Crippen LogP contribution in [0.1, 0.15) is 58.9 Å². The van der Waals surface area contributed by atoms with Crippen LogP contribution in [0.2, 0.25) is 0 Å². The molecule has 4 N–H and O–H groups in total. The van der Waals surface area contributed by atoms with Gasteiger partial charge in [-0.2, -0.15) is 0 Å². The van der Waals surface area contributed by atoms with Crippen molar-refractivity contribution in [2.45, 2.75) is 66.0 Å². The van der Waals surface area contributed by atoms with Gasteiger partial charge in [0.05, 0.1) is 6.54 Å². The molecule has 0 aliphatic carbocycles. The molecule has 6 nitrogen and oxygen atoms in total. The van der Waals surface area contributed by atoms with Crippen LogP contribution in [0.3, 0.4) is 0 Å². The quantitative estimate of drug-likeness (QED) is 0.170. The Bertz CT molecular complexity index is 546. The number of carbonyl (C=O) groups is 1. The number of halogens is 1. The van der Waals surface area contributed by atoms with Gasteiger partial charge < -0.3 is 21.3 Å². The van der Waals surface area contributed by atoms with Gasteiger partial charge in [-0.15, -0.1) is 24.0 Å². The van der Waals surface area contributed by atoms with Crippen LogP contribution in [0.4, 0.5) is 10.5 Å². The molecule has 1 rings (SSSR count). The molecule has 0 atom stereocenters. The van der Waals surface area contributed by atoms with Crippen LogP contribution >= 0.6 is 24.0 Å². The third kappa shape index (κ3) is 12.5. The number of anilines is 1. The van der Waals surface area contributed by atoms with Crippen molar-refractivity contribution >= 4 is 41.7 Å². The molecule has 1 aromatic carbocycles. The maximum absolute atomic E-state index is 11.7. The molecule has 0 fully saturated rings. The van der Waals surface area contributed by atoms with Crippen molar-refractivity contribution in [2.75, 3.05) is 18.4 Å². The van der Waals surface area contributed by atoms with Gasteiger partial charge in [-0.1, -0.05) is 38.3 Å². The van der Waals surface area contributed by atoms with Gasteiger partial charge in [0.2, 0.25) is 0 Å². The van der Waals surface area contributed by atoms with Crippen LogP contribution in [0.5, 0.6) is 0 Å². The van der Waals surface area contributed by atoms with Gasteiger partial charge in [0.1, 0.15) is 0 Å². The number of guanidine groups is 1. The summed E-state index contributed by atoms with van der Waals surface area (Å²) in [7, 11) is 0. The van der Waals surface area contributed by atoms with Gasteiger partial charge in [-0.3, -0.25) is 0 Å². The van der Waals surface area contributed by atoms with Gasteiger partial charge in [-0.05, 0) is 44.9 Å². The molecule has 2 amide bonds. The van der Waals surface area contributed by atoms with Crippen molar-refractivity contribution in [1.29, 1.82) is 0 Å². The summed E-state index contributed by atoms with van der Waals surface area (Å²) in [6.45, 7) is 10.5. The molecule has 0 aliphatic rings. The number of benzene rings is 1. The number of carbonyl (C=O) groups excluding carboxylic acids is 1. The van der Waals surface area contributed by atoms with Crippen molar-refractivity contribution in [3.05, 3.63) is 29.8 Å². The smallest absolute Gasteiger partial charge is 0.319 e. The zero-order chi connectivity index (χ0) is 19.2. The highest BCUT2D eigenvalue weighted by atomic mass is 127. The molecule has 0 heterocycles. The molecular weight excluding hydrogens is 453 g/mol. The lowest BCUT2D eigenvalue weighted by molar-refractivity contribution is 0.250. The molecule has 0 radical (unpaired) electrons. The lowest BCUT2D eigenvalue weighted by Crippen LogP contribution is -2.37. The predicted molar refractivity (Wildman–Crippen MR) is 126 cm³/mol. The summed E-state index contributed by atoms with van der Waals surface area (Å²) >= 11 is 0. The third-order valence-corrected chi connectivity index (χ3v) is 3.72. The number of nitrogens with zero attached hydrogens (tertiary/aromatic N) is 1. The van der Waals surface area contributed by atoms with E-state index in [4.69, 9.17) is 0 Å². The summed E-state index contributed by atoms with van der Waals surface area (Å²) in [6, 6.07) is 7.69. The highest BCUT2D eigenvalue weighted by Crippen LogP contribution is 2.10. The fraction of sp³-hybridized carbons (Fsp3) is 0.600. The Kier molecular flexibility index (Phi) is 14.7. The molecule has 0 aromatic heterocycles. The molecule has 27 heavy (non-hydrogen) atoms. The number of amides is 2. The monoisotopic (exact) mass is 489 g/mol. The Hall–Kier alpha value is -1.51. The van der Waals surface area contributed by atoms with Crippen LogP contribution in [0.15, 0.2) is 29.3 Å². The second kappa shape index (κ2) is 15.5. The van der Waals surface area contributed by atoms with Crippen LogP contribution < -0.4 is 21.3 Å². The summed E-state index contributed by atoms with van der Waals surface area (Å²) in [6.07, 6.45) is 4.95. The summed E-state index contributed by atoms with van der Waals surface area (Å²) in [4.78, 5) is 16.3. The van der Waals surface area contributed by atoms with Gasteiger partial charge in [-0.25, -0.2) is 9.79 Å². The first-order chi connectivity index (χ1) is 12.5. The maximum Gasteiger partial charge on any atom is 0.319 e. The Balaban J connectivity index is 0.00000676. The molecule has 0 spiro atoms. The Morgan fingerprint density at radius 2 is 1.74 bits per heavy atom. The minimum Gasteiger partial charge on any atom is -0.357 e. The standard InChI is InChI=1S/C20H35N5O.HI/c1-5-7-8-9-14-22-19(21-6-2)23-15-17-10-12-18(13-11-17)25-20(26)24-16(3)4;/h10-13,16H,5-9,14-15H2,1-4H3,(H2,21,22,23)(H2,24,25,26);1H. The summed E-state index contributed by atoms with van der Waals surface area (Å²) in [5.41, 5.74) is 1.87. The van der Waals surface area contributed by atoms with Crippen molar-refractivity contribution in [1.82, 2.24) is 16.0 Å². The van der Waals surface area contributed by atoms with Crippen molar-refractivity contribution in [2.24, 2.45) is 4.99 Å². The van der Waals surface area contributed by atoms with E-state index in [2.05, 4.69) is 40.1 Å². The first kappa shape index (κ1) is 25.5. The van der Waals surface area contributed by atoms with Crippen molar-refractivity contribution in [3.8, 4) is 0 Å². The van der Waals surface area contributed by atoms with Gasteiger partial charge in [0, 0.05) is 24.8 Å². The Morgan fingerprint density at radius 1 is 1.04 bits per heavy atom. The third-order valence-electron chi connectivity index (χ3n) is 3.72. The molecular formula is C20H36IN5O. The number of aliphatic imine (C=N–C) groups is 1. The van der Waals surface area contributed by atoms with E-state index in [0.29, 0.717) is 6.54 Å². The molecule has 0 aliphatic heterocycles. The summed E-state index contributed by atoms with van der Waals surface area (Å²) in [5.74, 6) is 0.850. The Morgan fingerprint density at radius 3 is 2.33 bits per heavy atom. The van der Waals surface area contributed by atoms with Crippen LogP contribution in [0, 0.1) is 0 Å². The molecule has 0 bridgehead atoms. The summed E-state index contributed by atoms with van der Waals surface area (Å²) < 4.78 is 0. The van der Waals surface area contributed by atoms with Crippen LogP contribution in [-0.4, -0.2) is 31.1 Å². The van der Waals surface area contributed by atoms with E-state index in [9.17, 15) is 4.79 Å². The van der Waals surface area contributed by atoms with Gasteiger partial charge >= 0.3 is 6.03 Å². The number of rotatable bonds is 10. The normalized spacial score (nSPS) is 10.9. The number of nitrogens with one attached hydrogen (secondary N) is 4. The molecule has 0 saturated carbocycles. The van der Waals surface area contributed by atoms with Crippen molar-refractivity contribution in [3.63, 3.8) is 0 Å². The highest BCUT2D eigenvalue weighted by Gasteiger charge is 2.03. The molecule has 154 valence electrons.